The predicted octanol–water partition coefficient (Wildman–Crippen LogP) is 3.41. The van der Waals surface area contributed by atoms with Gasteiger partial charge in [-0.15, -0.1) is 0 Å². The first kappa shape index (κ1) is 20.7. The molecule has 0 radical (unpaired) electrons. The Morgan fingerprint density at radius 1 is 1.19 bits per heavy atom. The van der Waals surface area contributed by atoms with E-state index in [0.29, 0.717) is 18.0 Å². The molecule has 0 saturated heterocycles. The van der Waals surface area contributed by atoms with Crippen molar-refractivity contribution in [3.8, 4) is 5.75 Å². The van der Waals surface area contributed by atoms with Gasteiger partial charge in [-0.25, -0.2) is 12.8 Å². The number of halogens is 1. The van der Waals surface area contributed by atoms with Gasteiger partial charge < -0.3 is 10.1 Å². The zero-order valence-electron chi connectivity index (χ0n) is 15.5. The first-order chi connectivity index (χ1) is 12.8. The fourth-order valence-electron chi connectivity index (χ4n) is 2.70. The maximum atomic E-state index is 13.2. The molecule has 1 N–H and O–H groups in total. The van der Waals surface area contributed by atoms with Crippen molar-refractivity contribution in [1.82, 2.24) is 0 Å². The van der Waals surface area contributed by atoms with Crippen LogP contribution in [0.5, 0.6) is 5.75 Å². The van der Waals surface area contributed by atoms with Crippen LogP contribution in [-0.2, 0) is 14.8 Å². The van der Waals surface area contributed by atoms with Crippen LogP contribution in [0, 0.1) is 5.82 Å². The topological polar surface area (TPSA) is 75.7 Å². The second-order valence-electron chi connectivity index (χ2n) is 5.91. The van der Waals surface area contributed by atoms with Crippen LogP contribution in [0.3, 0.4) is 0 Å². The highest BCUT2D eigenvalue weighted by Gasteiger charge is 2.31. The van der Waals surface area contributed by atoms with Gasteiger partial charge in [0.05, 0.1) is 18.6 Å². The molecule has 6 nitrogen and oxygen atoms in total. The van der Waals surface area contributed by atoms with Crippen molar-refractivity contribution in [2.24, 2.45) is 0 Å². The zero-order chi connectivity index (χ0) is 20.0. The SMILES string of the molecule is CCOc1cccc(NC(=O)[C@H](CC)N(c2ccc(F)cc2)S(C)(=O)=O)c1. The molecule has 0 bridgehead atoms. The molecule has 2 aromatic carbocycles. The smallest absolute Gasteiger partial charge is 0.248 e. The van der Waals surface area contributed by atoms with Crippen molar-refractivity contribution in [3.05, 3.63) is 54.3 Å². The van der Waals surface area contributed by atoms with E-state index in [4.69, 9.17) is 4.74 Å². The molecule has 0 aromatic heterocycles. The standard InChI is InChI=1S/C19H23FN2O4S/c1-4-18(19(23)21-15-7-6-8-17(13-15)26-5-2)22(27(3,24)25)16-11-9-14(20)10-12-16/h6-13,18H,4-5H2,1-3H3,(H,21,23)/t18-/m0/s1. The van der Waals surface area contributed by atoms with E-state index in [9.17, 15) is 17.6 Å². The van der Waals surface area contributed by atoms with E-state index in [0.717, 1.165) is 22.7 Å². The van der Waals surface area contributed by atoms with Crippen LogP contribution >= 0.6 is 0 Å². The Morgan fingerprint density at radius 3 is 2.41 bits per heavy atom. The number of hydrogen-bond donors (Lipinski definition) is 1. The third kappa shape index (κ3) is 5.43. The van der Waals surface area contributed by atoms with E-state index in [-0.39, 0.29) is 12.1 Å². The lowest BCUT2D eigenvalue weighted by molar-refractivity contribution is -0.117. The van der Waals surface area contributed by atoms with Gasteiger partial charge in [0.1, 0.15) is 17.6 Å². The normalized spacial score (nSPS) is 12.3. The number of carbonyl (C=O) groups is 1. The summed E-state index contributed by atoms with van der Waals surface area (Å²) >= 11 is 0. The molecule has 0 spiro atoms. The zero-order valence-corrected chi connectivity index (χ0v) is 16.3. The number of nitrogens with one attached hydrogen (secondary N) is 1. The van der Waals surface area contributed by atoms with Gasteiger partial charge in [0.15, 0.2) is 0 Å². The summed E-state index contributed by atoms with van der Waals surface area (Å²) in [6.07, 6.45) is 1.25. The van der Waals surface area contributed by atoms with Crippen LogP contribution in [0.2, 0.25) is 0 Å². The lowest BCUT2D eigenvalue weighted by atomic mass is 10.1. The van der Waals surface area contributed by atoms with Crippen LogP contribution in [0.4, 0.5) is 15.8 Å². The molecule has 0 aliphatic heterocycles. The average molecular weight is 394 g/mol. The fourth-order valence-corrected chi connectivity index (χ4v) is 3.92. The summed E-state index contributed by atoms with van der Waals surface area (Å²) in [6.45, 7) is 4.05. The fraction of sp³-hybridized carbons (Fsp3) is 0.316. The molecule has 1 atom stereocenters. The lowest BCUT2D eigenvalue weighted by Gasteiger charge is -2.30. The highest BCUT2D eigenvalue weighted by atomic mass is 32.2. The average Bonchev–Trinajstić information content (AvgIpc) is 2.60. The molecule has 0 saturated carbocycles. The second-order valence-corrected chi connectivity index (χ2v) is 7.77. The summed E-state index contributed by atoms with van der Waals surface area (Å²) in [6, 6.07) is 10.8. The molecular formula is C19H23FN2O4S. The van der Waals surface area contributed by atoms with Crippen LogP contribution in [0.15, 0.2) is 48.5 Å². The van der Waals surface area contributed by atoms with Crippen molar-refractivity contribution < 1.29 is 22.3 Å². The Morgan fingerprint density at radius 2 is 1.85 bits per heavy atom. The molecule has 27 heavy (non-hydrogen) atoms. The highest BCUT2D eigenvalue weighted by molar-refractivity contribution is 7.92. The molecule has 8 heteroatoms. The Kier molecular flexibility index (Phi) is 6.79. The summed E-state index contributed by atoms with van der Waals surface area (Å²) in [4.78, 5) is 12.8. The number of benzene rings is 2. The van der Waals surface area contributed by atoms with Crippen molar-refractivity contribution >= 4 is 27.3 Å². The molecule has 2 rings (SSSR count). The van der Waals surface area contributed by atoms with Crippen LogP contribution in [0.25, 0.3) is 0 Å². The Labute approximate surface area is 159 Å². The number of hydrogen-bond acceptors (Lipinski definition) is 4. The number of amides is 1. The van der Waals surface area contributed by atoms with Gasteiger partial charge in [0, 0.05) is 11.8 Å². The van der Waals surface area contributed by atoms with Crippen molar-refractivity contribution in [1.29, 1.82) is 0 Å². The maximum absolute atomic E-state index is 13.2. The van der Waals surface area contributed by atoms with Crippen molar-refractivity contribution in [3.63, 3.8) is 0 Å². The molecule has 0 aliphatic carbocycles. The Balaban J connectivity index is 2.32. The van der Waals surface area contributed by atoms with Crippen LogP contribution in [0.1, 0.15) is 20.3 Å². The predicted molar refractivity (Wildman–Crippen MR) is 104 cm³/mol. The van der Waals surface area contributed by atoms with Gasteiger partial charge in [-0.05, 0) is 49.7 Å². The van der Waals surface area contributed by atoms with Gasteiger partial charge in [0.25, 0.3) is 0 Å². The van der Waals surface area contributed by atoms with Crippen LogP contribution in [-0.4, -0.2) is 33.2 Å². The molecule has 2 aromatic rings. The first-order valence-corrected chi connectivity index (χ1v) is 10.4. The molecule has 0 fully saturated rings. The lowest BCUT2D eigenvalue weighted by Crippen LogP contribution is -2.47. The van der Waals surface area contributed by atoms with E-state index >= 15 is 0 Å². The van der Waals surface area contributed by atoms with E-state index in [1.165, 1.54) is 12.1 Å². The molecule has 1 amide bonds. The summed E-state index contributed by atoms with van der Waals surface area (Å²) in [7, 11) is -3.77. The third-order valence-corrected chi connectivity index (χ3v) is 5.00. The first-order valence-electron chi connectivity index (χ1n) is 8.55. The number of nitrogens with zero attached hydrogens (tertiary/aromatic N) is 1. The second kappa shape index (κ2) is 8.85. The molecule has 146 valence electrons. The molecular weight excluding hydrogens is 371 g/mol. The summed E-state index contributed by atoms with van der Waals surface area (Å²) in [5, 5.41) is 2.73. The van der Waals surface area contributed by atoms with E-state index in [1.54, 1.807) is 31.2 Å². The molecule has 0 aliphatic rings. The molecule has 0 heterocycles. The van der Waals surface area contributed by atoms with Gasteiger partial charge in [-0.1, -0.05) is 13.0 Å². The van der Waals surface area contributed by atoms with Gasteiger partial charge in [-0.3, -0.25) is 9.10 Å². The monoisotopic (exact) mass is 394 g/mol. The Bertz CT molecular complexity index is 885. The maximum Gasteiger partial charge on any atom is 0.248 e. The third-order valence-electron chi connectivity index (χ3n) is 3.82. The highest BCUT2D eigenvalue weighted by Crippen LogP contribution is 2.24. The number of carbonyl (C=O) groups excluding carboxylic acids is 1. The summed E-state index contributed by atoms with van der Waals surface area (Å²) < 4.78 is 44.3. The quantitative estimate of drug-likeness (QED) is 0.745. The molecule has 0 unspecified atom stereocenters. The van der Waals surface area contributed by atoms with Gasteiger partial charge in [0.2, 0.25) is 15.9 Å². The minimum absolute atomic E-state index is 0.226. The van der Waals surface area contributed by atoms with Crippen molar-refractivity contribution in [2.45, 2.75) is 26.3 Å². The largest absolute Gasteiger partial charge is 0.494 e. The van der Waals surface area contributed by atoms with E-state index in [2.05, 4.69) is 5.32 Å². The van der Waals surface area contributed by atoms with Crippen molar-refractivity contribution in [2.75, 3.05) is 22.5 Å². The summed E-state index contributed by atoms with van der Waals surface area (Å²) in [5.41, 5.74) is 0.723. The summed E-state index contributed by atoms with van der Waals surface area (Å²) in [5.74, 6) is -0.375. The number of rotatable bonds is 8. The minimum Gasteiger partial charge on any atom is -0.494 e. The number of ether oxygens (including phenoxy) is 1. The number of anilines is 2. The van der Waals surface area contributed by atoms with Crippen LogP contribution < -0.4 is 14.4 Å². The minimum atomic E-state index is -3.77. The number of sulfonamides is 1. The van der Waals surface area contributed by atoms with Gasteiger partial charge >= 0.3 is 0 Å². The Hall–Kier alpha value is -2.61. The van der Waals surface area contributed by atoms with E-state index in [1.807, 2.05) is 6.92 Å². The van der Waals surface area contributed by atoms with E-state index < -0.39 is 27.8 Å². The van der Waals surface area contributed by atoms with Gasteiger partial charge in [-0.2, -0.15) is 0 Å².